The van der Waals surface area contributed by atoms with Crippen LogP contribution in [0, 0.1) is 0 Å². The number of nitrogens with one attached hydrogen (secondary N) is 1. The summed E-state index contributed by atoms with van der Waals surface area (Å²) in [5, 5.41) is 7.01. The number of amides is 2. The van der Waals surface area contributed by atoms with E-state index >= 15 is 0 Å². The van der Waals surface area contributed by atoms with Gasteiger partial charge in [0.2, 0.25) is 11.8 Å². The summed E-state index contributed by atoms with van der Waals surface area (Å²) >= 11 is 2.94. The molecule has 0 saturated heterocycles. The Kier molecular flexibility index (Phi) is 8.13. The standard InChI is InChI=1S/C26H28N2O4S2/c1-2-32-26(31)18-8-5-11-20(16-18)28(23(29)17-21-12-6-14-33-21)24(22-13-7-15-34-22)25(30)27-19-9-3-4-10-19/h5-8,11-16,19,24H,2-4,9-10,17H2,1H3,(H,27,30)/t24-/m0/s1. The molecule has 1 atom stereocenters. The summed E-state index contributed by atoms with van der Waals surface area (Å²) in [6, 6.07) is 13.6. The maximum absolute atomic E-state index is 13.7. The Balaban J connectivity index is 1.74. The fourth-order valence-corrected chi connectivity index (χ4v) is 5.76. The van der Waals surface area contributed by atoms with Crippen LogP contribution in [0.5, 0.6) is 0 Å². The van der Waals surface area contributed by atoms with Gasteiger partial charge in [0.25, 0.3) is 0 Å². The smallest absolute Gasteiger partial charge is 0.338 e. The predicted molar refractivity (Wildman–Crippen MR) is 135 cm³/mol. The minimum atomic E-state index is -0.828. The quantitative estimate of drug-likeness (QED) is 0.405. The average Bonchev–Trinajstić information content (AvgIpc) is 3.61. The van der Waals surface area contributed by atoms with E-state index in [1.807, 2.05) is 35.0 Å². The van der Waals surface area contributed by atoms with Crippen LogP contribution >= 0.6 is 22.7 Å². The number of rotatable bonds is 9. The summed E-state index contributed by atoms with van der Waals surface area (Å²) in [6.45, 7) is 2.00. The van der Waals surface area contributed by atoms with Gasteiger partial charge in [-0.15, -0.1) is 22.7 Å². The molecule has 2 heterocycles. The number of esters is 1. The van der Waals surface area contributed by atoms with Crippen LogP contribution in [0.4, 0.5) is 5.69 Å². The topological polar surface area (TPSA) is 75.7 Å². The molecular formula is C26H28N2O4S2. The van der Waals surface area contributed by atoms with Crippen molar-refractivity contribution in [2.45, 2.75) is 51.1 Å². The third-order valence-corrected chi connectivity index (χ3v) is 7.63. The van der Waals surface area contributed by atoms with E-state index in [9.17, 15) is 14.4 Å². The molecular weight excluding hydrogens is 468 g/mol. The van der Waals surface area contributed by atoms with Gasteiger partial charge in [-0.25, -0.2) is 4.79 Å². The first kappa shape index (κ1) is 24.2. The lowest BCUT2D eigenvalue weighted by Crippen LogP contribution is -2.46. The minimum Gasteiger partial charge on any atom is -0.462 e. The Hall–Kier alpha value is -2.97. The molecule has 4 rings (SSSR count). The molecule has 0 radical (unpaired) electrons. The number of carbonyl (C=O) groups excluding carboxylic acids is 3. The van der Waals surface area contributed by atoms with Gasteiger partial charge in [0.1, 0.15) is 6.04 Å². The van der Waals surface area contributed by atoms with Crippen LogP contribution in [0.2, 0.25) is 0 Å². The largest absolute Gasteiger partial charge is 0.462 e. The number of hydrogen-bond donors (Lipinski definition) is 1. The van der Waals surface area contributed by atoms with Gasteiger partial charge in [-0.2, -0.15) is 0 Å². The molecule has 1 aromatic carbocycles. The SMILES string of the molecule is CCOC(=O)c1cccc(N(C(=O)Cc2cccs2)[C@H](C(=O)NC2CCCC2)c2cccs2)c1. The molecule has 0 aliphatic heterocycles. The van der Waals surface area contributed by atoms with E-state index in [2.05, 4.69) is 5.32 Å². The summed E-state index contributed by atoms with van der Waals surface area (Å²) in [5.41, 5.74) is 0.835. The van der Waals surface area contributed by atoms with Crippen molar-refractivity contribution in [3.63, 3.8) is 0 Å². The molecule has 34 heavy (non-hydrogen) atoms. The monoisotopic (exact) mass is 496 g/mol. The van der Waals surface area contributed by atoms with Crippen LogP contribution in [-0.2, 0) is 20.7 Å². The van der Waals surface area contributed by atoms with Gasteiger partial charge in [-0.3, -0.25) is 14.5 Å². The van der Waals surface area contributed by atoms with Crippen LogP contribution < -0.4 is 10.2 Å². The zero-order valence-corrected chi connectivity index (χ0v) is 20.7. The molecule has 0 spiro atoms. The Bertz CT molecular complexity index is 1110. The number of benzene rings is 1. The van der Waals surface area contributed by atoms with Gasteiger partial charge in [-0.1, -0.05) is 31.0 Å². The lowest BCUT2D eigenvalue weighted by atomic mass is 10.1. The highest BCUT2D eigenvalue weighted by Gasteiger charge is 2.35. The molecule has 1 N–H and O–H groups in total. The van der Waals surface area contributed by atoms with E-state index in [1.54, 1.807) is 36.1 Å². The Morgan fingerprint density at radius 3 is 2.50 bits per heavy atom. The van der Waals surface area contributed by atoms with E-state index < -0.39 is 12.0 Å². The van der Waals surface area contributed by atoms with Gasteiger partial charge in [0.05, 0.1) is 18.6 Å². The Morgan fingerprint density at radius 2 is 1.82 bits per heavy atom. The molecule has 0 bridgehead atoms. The molecule has 1 aliphatic carbocycles. The predicted octanol–water partition coefficient (Wildman–Crippen LogP) is 5.36. The van der Waals surface area contributed by atoms with E-state index in [0.717, 1.165) is 35.4 Å². The Labute approximate surface area is 207 Å². The van der Waals surface area contributed by atoms with Crippen LogP contribution in [0.3, 0.4) is 0 Å². The molecule has 2 amide bonds. The highest BCUT2D eigenvalue weighted by Crippen LogP contribution is 2.33. The molecule has 2 aromatic heterocycles. The zero-order valence-electron chi connectivity index (χ0n) is 19.1. The molecule has 0 unspecified atom stereocenters. The summed E-state index contributed by atoms with van der Waals surface area (Å²) in [4.78, 5) is 43.0. The van der Waals surface area contributed by atoms with E-state index in [-0.39, 0.29) is 30.9 Å². The van der Waals surface area contributed by atoms with Gasteiger partial charge in [0.15, 0.2) is 0 Å². The third-order valence-electron chi connectivity index (χ3n) is 5.83. The van der Waals surface area contributed by atoms with Gasteiger partial charge in [-0.05, 0) is 60.9 Å². The van der Waals surface area contributed by atoms with Crippen LogP contribution in [0.15, 0.2) is 59.3 Å². The van der Waals surface area contributed by atoms with Crippen LogP contribution in [0.1, 0.15) is 58.8 Å². The average molecular weight is 497 g/mol. The fourth-order valence-electron chi connectivity index (χ4n) is 4.25. The van der Waals surface area contributed by atoms with Gasteiger partial charge < -0.3 is 10.1 Å². The van der Waals surface area contributed by atoms with Gasteiger partial charge in [0, 0.05) is 21.5 Å². The van der Waals surface area contributed by atoms with E-state index in [0.29, 0.717) is 11.3 Å². The number of hydrogen-bond acceptors (Lipinski definition) is 6. The second-order valence-electron chi connectivity index (χ2n) is 8.20. The molecule has 178 valence electrons. The molecule has 3 aromatic rings. The first-order chi connectivity index (χ1) is 16.6. The number of carbonyl (C=O) groups is 3. The van der Waals surface area contributed by atoms with E-state index in [4.69, 9.17) is 4.74 Å². The summed E-state index contributed by atoms with van der Waals surface area (Å²) in [6.07, 6.45) is 4.25. The van der Waals surface area contributed by atoms with Crippen molar-refractivity contribution in [1.82, 2.24) is 5.32 Å². The van der Waals surface area contributed by atoms with Crippen molar-refractivity contribution in [3.8, 4) is 0 Å². The minimum absolute atomic E-state index is 0.120. The van der Waals surface area contributed by atoms with E-state index in [1.165, 1.54) is 22.7 Å². The van der Waals surface area contributed by atoms with Crippen LogP contribution in [0.25, 0.3) is 0 Å². The van der Waals surface area contributed by atoms with Crippen molar-refractivity contribution in [1.29, 1.82) is 0 Å². The molecule has 1 fully saturated rings. The van der Waals surface area contributed by atoms with Crippen molar-refractivity contribution in [3.05, 3.63) is 74.6 Å². The second-order valence-corrected chi connectivity index (χ2v) is 10.2. The maximum atomic E-state index is 13.7. The number of thiophene rings is 2. The van der Waals surface area contributed by atoms with Gasteiger partial charge >= 0.3 is 5.97 Å². The maximum Gasteiger partial charge on any atom is 0.338 e. The van der Waals surface area contributed by atoms with Crippen molar-refractivity contribution in [2.24, 2.45) is 0 Å². The summed E-state index contributed by atoms with van der Waals surface area (Å²) in [7, 11) is 0. The number of anilines is 1. The summed E-state index contributed by atoms with van der Waals surface area (Å²) in [5.74, 6) is -0.864. The number of nitrogens with zero attached hydrogens (tertiary/aromatic N) is 1. The third kappa shape index (κ3) is 5.74. The highest BCUT2D eigenvalue weighted by atomic mass is 32.1. The number of ether oxygens (including phenoxy) is 1. The lowest BCUT2D eigenvalue weighted by Gasteiger charge is -2.31. The molecule has 1 saturated carbocycles. The molecule has 8 heteroatoms. The Morgan fingerprint density at radius 1 is 1.06 bits per heavy atom. The summed E-state index contributed by atoms with van der Waals surface area (Å²) < 4.78 is 5.16. The van der Waals surface area contributed by atoms with Crippen LogP contribution in [-0.4, -0.2) is 30.4 Å². The van der Waals surface area contributed by atoms with Crippen molar-refractivity contribution >= 4 is 46.1 Å². The van der Waals surface area contributed by atoms with Crippen molar-refractivity contribution in [2.75, 3.05) is 11.5 Å². The molecule has 1 aliphatic rings. The molecule has 6 nitrogen and oxygen atoms in total. The highest BCUT2D eigenvalue weighted by molar-refractivity contribution is 7.10. The lowest BCUT2D eigenvalue weighted by molar-refractivity contribution is -0.126. The first-order valence-electron chi connectivity index (χ1n) is 11.5. The van der Waals surface area contributed by atoms with Crippen molar-refractivity contribution < 1.29 is 19.1 Å². The zero-order chi connectivity index (χ0) is 23.9. The fraction of sp³-hybridized carbons (Fsp3) is 0.346. The first-order valence-corrected chi connectivity index (χ1v) is 13.3. The normalized spacial score (nSPS) is 14.5. The second kappa shape index (κ2) is 11.4.